The SMILES string of the molecule is CC(C)(C)CCN1C(=O)C(CC(=O)N2CCC(n3c(=O)[nH]c4ccccc43)CC2)S[C@H]1c1ccccc1N1CCC(O)CC1. The van der Waals surface area contributed by atoms with E-state index in [1.807, 2.05) is 50.8 Å². The number of aliphatic hydroxyl groups is 1. The fourth-order valence-electron chi connectivity index (χ4n) is 6.84. The first-order valence-electron chi connectivity index (χ1n) is 16.0. The van der Waals surface area contributed by atoms with Crippen LogP contribution in [0.5, 0.6) is 0 Å². The van der Waals surface area contributed by atoms with E-state index in [-0.39, 0.29) is 46.9 Å². The van der Waals surface area contributed by atoms with Crippen LogP contribution in [0.4, 0.5) is 5.69 Å². The molecule has 3 saturated heterocycles. The van der Waals surface area contributed by atoms with Crippen LogP contribution in [0.3, 0.4) is 0 Å². The van der Waals surface area contributed by atoms with Gasteiger partial charge in [-0.2, -0.15) is 0 Å². The molecule has 3 aliphatic rings. The van der Waals surface area contributed by atoms with E-state index in [4.69, 9.17) is 0 Å². The summed E-state index contributed by atoms with van der Waals surface area (Å²) < 4.78 is 1.84. The number of benzene rings is 2. The standard InChI is InChI=1S/C34H45N5O4S/c1-34(2,3)16-21-38-31(42)29(44-32(38)25-8-4-6-10-27(25)36-19-14-24(40)15-20-36)22-30(41)37-17-12-23(13-18-37)39-28-11-7-5-9-26(28)35-33(39)43/h4-11,23-24,29,32,40H,12-22H2,1-3H3,(H,35,43)/t29?,32-/m0/s1. The Labute approximate surface area is 263 Å². The van der Waals surface area contributed by atoms with Crippen molar-refractivity contribution in [2.75, 3.05) is 37.6 Å². The van der Waals surface area contributed by atoms with Crippen LogP contribution in [0.2, 0.25) is 0 Å². The maximum atomic E-state index is 14.0. The predicted molar refractivity (Wildman–Crippen MR) is 176 cm³/mol. The Bertz CT molecular complexity index is 1540. The molecule has 44 heavy (non-hydrogen) atoms. The summed E-state index contributed by atoms with van der Waals surface area (Å²) in [5.41, 5.74) is 3.92. The highest BCUT2D eigenvalue weighted by atomic mass is 32.2. The number of rotatable bonds is 7. The molecule has 3 fully saturated rings. The molecule has 4 heterocycles. The van der Waals surface area contributed by atoms with Gasteiger partial charge in [-0.3, -0.25) is 14.2 Å². The summed E-state index contributed by atoms with van der Waals surface area (Å²) in [6, 6.07) is 16.1. The largest absolute Gasteiger partial charge is 0.393 e. The number of likely N-dealkylation sites (tertiary alicyclic amines) is 1. The predicted octanol–water partition coefficient (Wildman–Crippen LogP) is 4.92. The number of hydrogen-bond donors (Lipinski definition) is 2. The molecule has 3 aromatic rings. The molecular formula is C34H45N5O4S. The molecule has 2 aromatic carbocycles. The average Bonchev–Trinajstić information content (AvgIpc) is 3.51. The van der Waals surface area contributed by atoms with Gasteiger partial charge in [-0.15, -0.1) is 11.8 Å². The average molecular weight is 620 g/mol. The Morgan fingerprint density at radius 3 is 2.36 bits per heavy atom. The topological polar surface area (TPSA) is 102 Å². The minimum Gasteiger partial charge on any atom is -0.393 e. The summed E-state index contributed by atoms with van der Waals surface area (Å²) in [6.45, 7) is 9.93. The van der Waals surface area contributed by atoms with Gasteiger partial charge < -0.3 is 24.8 Å². The molecule has 9 nitrogen and oxygen atoms in total. The zero-order chi connectivity index (χ0) is 31.0. The van der Waals surface area contributed by atoms with Crippen molar-refractivity contribution in [3.8, 4) is 0 Å². The number of nitrogens with one attached hydrogen (secondary N) is 1. The first kappa shape index (κ1) is 30.8. The maximum Gasteiger partial charge on any atom is 0.326 e. The number of aliphatic hydroxyl groups excluding tert-OH is 1. The molecular weight excluding hydrogens is 574 g/mol. The fraction of sp³-hybridized carbons (Fsp3) is 0.559. The third-order valence-corrected chi connectivity index (χ3v) is 10.9. The molecule has 0 bridgehead atoms. The highest BCUT2D eigenvalue weighted by molar-refractivity contribution is 8.01. The van der Waals surface area contributed by atoms with Crippen molar-refractivity contribution in [2.45, 2.75) is 82.1 Å². The van der Waals surface area contributed by atoms with Crippen LogP contribution in [-0.4, -0.2) is 80.3 Å². The number of aromatic amines is 1. The quantitative estimate of drug-likeness (QED) is 0.389. The number of amides is 2. The number of H-pyrrole nitrogens is 1. The number of carbonyl (C=O) groups excluding carboxylic acids is 2. The van der Waals surface area contributed by atoms with Gasteiger partial charge in [0.05, 0.1) is 22.4 Å². The number of fused-ring (bicyclic) bond motifs is 1. The van der Waals surface area contributed by atoms with Gasteiger partial charge in [0.2, 0.25) is 11.8 Å². The highest BCUT2D eigenvalue weighted by Crippen LogP contribution is 2.48. The molecule has 1 aromatic heterocycles. The molecule has 10 heteroatoms. The Balaban J connectivity index is 1.16. The number of carbonyl (C=O) groups is 2. The zero-order valence-electron chi connectivity index (χ0n) is 26.1. The molecule has 0 aliphatic carbocycles. The molecule has 0 spiro atoms. The second-order valence-electron chi connectivity index (χ2n) is 13.7. The number of aromatic nitrogens is 2. The smallest absolute Gasteiger partial charge is 0.326 e. The normalized spacial score (nSPS) is 22.4. The van der Waals surface area contributed by atoms with E-state index in [9.17, 15) is 19.5 Å². The summed E-state index contributed by atoms with van der Waals surface area (Å²) in [5, 5.41) is 9.49. The van der Waals surface area contributed by atoms with E-state index < -0.39 is 5.25 Å². The van der Waals surface area contributed by atoms with Crippen LogP contribution in [0, 0.1) is 5.41 Å². The van der Waals surface area contributed by atoms with Gasteiger partial charge in [-0.05, 0) is 55.7 Å². The van der Waals surface area contributed by atoms with Crippen molar-refractivity contribution in [1.29, 1.82) is 0 Å². The maximum absolute atomic E-state index is 14.0. The first-order chi connectivity index (χ1) is 21.1. The van der Waals surface area contributed by atoms with Gasteiger partial charge in [0, 0.05) is 56.4 Å². The van der Waals surface area contributed by atoms with Crippen LogP contribution in [0.25, 0.3) is 11.0 Å². The van der Waals surface area contributed by atoms with Crippen LogP contribution < -0.4 is 10.6 Å². The summed E-state index contributed by atoms with van der Waals surface area (Å²) in [4.78, 5) is 49.5. The van der Waals surface area contributed by atoms with E-state index in [1.54, 1.807) is 11.8 Å². The number of para-hydroxylation sites is 3. The third kappa shape index (κ3) is 6.42. The van der Waals surface area contributed by atoms with Gasteiger partial charge in [-0.25, -0.2) is 4.79 Å². The molecule has 2 amide bonds. The van der Waals surface area contributed by atoms with Crippen molar-refractivity contribution < 1.29 is 14.7 Å². The Hall–Kier alpha value is -3.24. The van der Waals surface area contributed by atoms with E-state index in [0.29, 0.717) is 32.5 Å². The lowest BCUT2D eigenvalue weighted by Gasteiger charge is -2.35. The van der Waals surface area contributed by atoms with Crippen LogP contribution in [0.15, 0.2) is 53.3 Å². The zero-order valence-corrected chi connectivity index (χ0v) is 26.9. The molecule has 3 aliphatic heterocycles. The van der Waals surface area contributed by atoms with E-state index in [0.717, 1.165) is 54.6 Å². The van der Waals surface area contributed by atoms with Crippen molar-refractivity contribution in [3.63, 3.8) is 0 Å². The van der Waals surface area contributed by atoms with Crippen molar-refractivity contribution in [2.24, 2.45) is 5.41 Å². The van der Waals surface area contributed by atoms with Crippen LogP contribution in [0.1, 0.15) is 76.3 Å². The fourth-order valence-corrected chi connectivity index (χ4v) is 8.34. The second kappa shape index (κ2) is 12.6. The number of nitrogens with zero attached hydrogens (tertiary/aromatic N) is 4. The Morgan fingerprint density at radius 2 is 1.64 bits per heavy atom. The Morgan fingerprint density at radius 1 is 0.955 bits per heavy atom. The molecule has 236 valence electrons. The highest BCUT2D eigenvalue weighted by Gasteiger charge is 2.44. The van der Waals surface area contributed by atoms with Gasteiger partial charge >= 0.3 is 5.69 Å². The summed E-state index contributed by atoms with van der Waals surface area (Å²) >= 11 is 1.61. The molecule has 2 N–H and O–H groups in total. The summed E-state index contributed by atoms with van der Waals surface area (Å²) in [5.74, 6) is 0.0528. The minimum absolute atomic E-state index is 0.00954. The molecule has 6 rings (SSSR count). The molecule has 1 unspecified atom stereocenters. The number of thioether (sulfide) groups is 1. The molecule has 0 saturated carbocycles. The summed E-state index contributed by atoms with van der Waals surface area (Å²) in [6.07, 6.45) is 3.68. The van der Waals surface area contributed by atoms with Crippen molar-refractivity contribution in [3.05, 3.63) is 64.6 Å². The van der Waals surface area contributed by atoms with Crippen molar-refractivity contribution in [1.82, 2.24) is 19.4 Å². The van der Waals surface area contributed by atoms with Gasteiger partial charge in [0.1, 0.15) is 5.37 Å². The number of imidazole rings is 1. The number of anilines is 1. The molecule has 2 atom stereocenters. The van der Waals surface area contributed by atoms with Gasteiger partial charge in [0.25, 0.3) is 0 Å². The second-order valence-corrected chi connectivity index (χ2v) is 15.0. The van der Waals surface area contributed by atoms with Gasteiger partial charge in [0.15, 0.2) is 0 Å². The van der Waals surface area contributed by atoms with E-state index in [2.05, 4.69) is 42.8 Å². The third-order valence-electron chi connectivity index (χ3n) is 9.41. The van der Waals surface area contributed by atoms with Crippen LogP contribution >= 0.6 is 11.8 Å². The Kier molecular flexibility index (Phi) is 8.84. The monoisotopic (exact) mass is 619 g/mol. The lowest BCUT2D eigenvalue weighted by molar-refractivity contribution is -0.136. The van der Waals surface area contributed by atoms with Crippen molar-refractivity contribution >= 4 is 40.3 Å². The number of piperidine rings is 2. The first-order valence-corrected chi connectivity index (χ1v) is 17.0. The van der Waals surface area contributed by atoms with E-state index in [1.165, 1.54) is 0 Å². The minimum atomic E-state index is -0.433. The number of hydrogen-bond acceptors (Lipinski definition) is 6. The molecule has 0 radical (unpaired) electrons. The lowest BCUT2D eigenvalue weighted by Crippen LogP contribution is -2.42. The van der Waals surface area contributed by atoms with E-state index >= 15 is 0 Å². The summed E-state index contributed by atoms with van der Waals surface area (Å²) in [7, 11) is 0. The van der Waals surface area contributed by atoms with Crippen LogP contribution in [-0.2, 0) is 9.59 Å². The lowest BCUT2D eigenvalue weighted by atomic mass is 9.92. The van der Waals surface area contributed by atoms with Gasteiger partial charge in [-0.1, -0.05) is 51.1 Å².